The van der Waals surface area contributed by atoms with Crippen LogP contribution in [0, 0.1) is 0 Å². The number of hydrogen-bond donors (Lipinski definition) is 0. The number of halogens is 3. The molecule has 0 spiro atoms. The van der Waals surface area contributed by atoms with Crippen molar-refractivity contribution in [2.45, 2.75) is 31.6 Å². The minimum atomic E-state index is -4.52. The van der Waals surface area contributed by atoms with Crippen LogP contribution in [0.15, 0.2) is 48.8 Å². The highest BCUT2D eigenvalue weighted by Gasteiger charge is 2.44. The zero-order valence-corrected chi connectivity index (χ0v) is 12.7. The van der Waals surface area contributed by atoms with Crippen LogP contribution in [0.5, 0.6) is 0 Å². The molecule has 0 aliphatic rings. The maximum absolute atomic E-state index is 13.4. The first kappa shape index (κ1) is 17.1. The van der Waals surface area contributed by atoms with Gasteiger partial charge in [-0.3, -0.25) is 9.48 Å². The normalized spacial score (nSPS) is 12.9. The first-order valence-electron chi connectivity index (χ1n) is 7.24. The van der Waals surface area contributed by atoms with Gasteiger partial charge in [0.15, 0.2) is 6.04 Å². The third-order valence-electron chi connectivity index (χ3n) is 3.54. The molecule has 0 saturated heterocycles. The van der Waals surface area contributed by atoms with Crippen LogP contribution in [-0.4, -0.2) is 33.8 Å². The second-order valence-electron chi connectivity index (χ2n) is 5.23. The topological polar surface area (TPSA) is 38.1 Å². The second-order valence-corrected chi connectivity index (χ2v) is 5.23. The molecule has 23 heavy (non-hydrogen) atoms. The van der Waals surface area contributed by atoms with E-state index in [0.29, 0.717) is 13.0 Å². The Bertz CT molecular complexity index is 611. The predicted molar refractivity (Wildman–Crippen MR) is 79.5 cm³/mol. The summed E-state index contributed by atoms with van der Waals surface area (Å²) in [6.07, 6.45) is -0.687. The number of alkyl halides is 3. The summed E-state index contributed by atoms with van der Waals surface area (Å²) < 4.78 is 41.7. The summed E-state index contributed by atoms with van der Waals surface area (Å²) >= 11 is 0. The zero-order valence-electron chi connectivity index (χ0n) is 12.7. The SMILES string of the molecule is CN(C(=O)CCCn1cccn1)[C@@H](c1ccccc1)C(F)(F)F. The van der Waals surface area contributed by atoms with Crippen molar-refractivity contribution in [2.24, 2.45) is 0 Å². The number of carbonyl (C=O) groups excluding carboxylic acids is 1. The minimum Gasteiger partial charge on any atom is -0.330 e. The Labute approximate surface area is 132 Å². The van der Waals surface area contributed by atoms with Crippen molar-refractivity contribution in [1.82, 2.24) is 14.7 Å². The summed E-state index contributed by atoms with van der Waals surface area (Å²) in [7, 11) is 1.20. The molecule has 7 heteroatoms. The lowest BCUT2D eigenvalue weighted by Gasteiger charge is -2.30. The average molecular weight is 325 g/mol. The van der Waals surface area contributed by atoms with Crippen LogP contribution >= 0.6 is 0 Å². The Morgan fingerprint density at radius 3 is 2.52 bits per heavy atom. The van der Waals surface area contributed by atoms with Gasteiger partial charge >= 0.3 is 6.18 Å². The third-order valence-corrected chi connectivity index (χ3v) is 3.54. The number of amides is 1. The van der Waals surface area contributed by atoms with Crippen molar-refractivity contribution in [2.75, 3.05) is 7.05 Å². The second kappa shape index (κ2) is 7.30. The fraction of sp³-hybridized carbons (Fsp3) is 0.375. The summed E-state index contributed by atoms with van der Waals surface area (Å²) in [5.74, 6) is -0.539. The van der Waals surface area contributed by atoms with Gasteiger partial charge in [0.2, 0.25) is 5.91 Å². The zero-order chi connectivity index (χ0) is 16.9. The van der Waals surface area contributed by atoms with Crippen LogP contribution in [0.1, 0.15) is 24.4 Å². The monoisotopic (exact) mass is 325 g/mol. The molecule has 0 aliphatic carbocycles. The first-order valence-corrected chi connectivity index (χ1v) is 7.24. The quantitative estimate of drug-likeness (QED) is 0.816. The first-order chi connectivity index (χ1) is 10.9. The Balaban J connectivity index is 2.02. The minimum absolute atomic E-state index is 0.0375. The fourth-order valence-electron chi connectivity index (χ4n) is 2.41. The molecule has 2 aromatic rings. The Kier molecular flexibility index (Phi) is 5.41. The Morgan fingerprint density at radius 1 is 1.26 bits per heavy atom. The molecular weight excluding hydrogens is 307 g/mol. The maximum atomic E-state index is 13.4. The molecule has 0 aliphatic heterocycles. The largest absolute Gasteiger partial charge is 0.413 e. The van der Waals surface area contributed by atoms with E-state index >= 15 is 0 Å². The molecule has 0 radical (unpaired) electrons. The lowest BCUT2D eigenvalue weighted by atomic mass is 10.0. The molecule has 4 nitrogen and oxygen atoms in total. The van der Waals surface area contributed by atoms with E-state index in [1.807, 2.05) is 0 Å². The van der Waals surface area contributed by atoms with Crippen LogP contribution in [0.25, 0.3) is 0 Å². The highest BCUT2D eigenvalue weighted by atomic mass is 19.4. The number of nitrogens with zero attached hydrogens (tertiary/aromatic N) is 3. The van der Waals surface area contributed by atoms with Gasteiger partial charge in [-0.1, -0.05) is 30.3 Å². The van der Waals surface area contributed by atoms with E-state index in [4.69, 9.17) is 0 Å². The smallest absolute Gasteiger partial charge is 0.330 e. The molecule has 1 heterocycles. The van der Waals surface area contributed by atoms with E-state index in [9.17, 15) is 18.0 Å². The van der Waals surface area contributed by atoms with Crippen LogP contribution in [-0.2, 0) is 11.3 Å². The van der Waals surface area contributed by atoms with Gasteiger partial charge in [-0.2, -0.15) is 18.3 Å². The van der Waals surface area contributed by atoms with E-state index in [-0.39, 0.29) is 12.0 Å². The number of benzene rings is 1. The molecule has 0 saturated carbocycles. The molecular formula is C16H18F3N3O. The molecule has 1 atom stereocenters. The predicted octanol–water partition coefficient (Wildman–Crippen LogP) is 3.43. The van der Waals surface area contributed by atoms with Crippen molar-refractivity contribution >= 4 is 5.91 Å². The van der Waals surface area contributed by atoms with E-state index in [2.05, 4.69) is 5.10 Å². The number of aromatic nitrogens is 2. The summed E-state index contributed by atoms with van der Waals surface area (Å²) in [5.41, 5.74) is 0.0583. The maximum Gasteiger partial charge on any atom is 0.413 e. The number of rotatable bonds is 6. The van der Waals surface area contributed by atoms with Crippen molar-refractivity contribution < 1.29 is 18.0 Å². The number of aryl methyl sites for hydroxylation is 1. The van der Waals surface area contributed by atoms with Crippen LogP contribution in [0.3, 0.4) is 0 Å². The molecule has 0 bridgehead atoms. The molecule has 2 rings (SSSR count). The number of hydrogen-bond acceptors (Lipinski definition) is 2. The van der Waals surface area contributed by atoms with E-state index < -0.39 is 18.1 Å². The lowest BCUT2D eigenvalue weighted by molar-refractivity contribution is -0.188. The van der Waals surface area contributed by atoms with Crippen LogP contribution in [0.4, 0.5) is 13.2 Å². The van der Waals surface area contributed by atoms with Gasteiger partial charge in [-0.05, 0) is 18.1 Å². The van der Waals surface area contributed by atoms with Gasteiger partial charge in [-0.15, -0.1) is 0 Å². The van der Waals surface area contributed by atoms with E-state index in [1.54, 1.807) is 29.2 Å². The van der Waals surface area contributed by atoms with Crippen molar-refractivity contribution in [3.8, 4) is 0 Å². The van der Waals surface area contributed by atoms with Crippen molar-refractivity contribution in [3.05, 3.63) is 54.4 Å². The van der Waals surface area contributed by atoms with E-state index in [1.165, 1.54) is 31.3 Å². The van der Waals surface area contributed by atoms with Gasteiger partial charge in [-0.25, -0.2) is 0 Å². The molecule has 0 N–H and O–H groups in total. The summed E-state index contributed by atoms with van der Waals surface area (Å²) in [6.45, 7) is 0.495. The summed E-state index contributed by atoms with van der Waals surface area (Å²) in [5, 5.41) is 3.99. The lowest BCUT2D eigenvalue weighted by Crippen LogP contribution is -2.39. The molecule has 1 aromatic carbocycles. The number of carbonyl (C=O) groups is 1. The Morgan fingerprint density at radius 2 is 1.96 bits per heavy atom. The van der Waals surface area contributed by atoms with Gasteiger partial charge < -0.3 is 4.90 Å². The van der Waals surface area contributed by atoms with Crippen LogP contribution < -0.4 is 0 Å². The average Bonchev–Trinajstić information content (AvgIpc) is 3.00. The molecule has 1 aromatic heterocycles. The van der Waals surface area contributed by atoms with Gasteiger partial charge in [0.1, 0.15) is 0 Å². The highest BCUT2D eigenvalue weighted by Crippen LogP contribution is 2.37. The van der Waals surface area contributed by atoms with Gasteiger partial charge in [0, 0.05) is 32.4 Å². The van der Waals surface area contributed by atoms with E-state index in [0.717, 1.165) is 4.90 Å². The fourth-order valence-corrected chi connectivity index (χ4v) is 2.41. The highest BCUT2D eigenvalue weighted by molar-refractivity contribution is 5.76. The molecule has 0 fully saturated rings. The summed E-state index contributed by atoms with van der Waals surface area (Å²) in [4.78, 5) is 12.9. The summed E-state index contributed by atoms with van der Waals surface area (Å²) in [6, 6.07) is 7.29. The molecule has 1 amide bonds. The molecule has 0 unspecified atom stereocenters. The van der Waals surface area contributed by atoms with Gasteiger partial charge in [0.25, 0.3) is 0 Å². The third kappa shape index (κ3) is 4.58. The van der Waals surface area contributed by atoms with Gasteiger partial charge in [0.05, 0.1) is 0 Å². The van der Waals surface area contributed by atoms with Crippen molar-refractivity contribution in [3.63, 3.8) is 0 Å². The molecule has 124 valence electrons. The van der Waals surface area contributed by atoms with Crippen LogP contribution in [0.2, 0.25) is 0 Å². The standard InChI is InChI=1S/C16H18F3N3O/c1-21(14(23)9-5-11-22-12-6-10-20-22)15(16(17,18)19)13-7-3-2-4-8-13/h2-4,6-8,10,12,15H,5,9,11H2,1H3/t15-/m0/s1. The Hall–Kier alpha value is -2.31. The van der Waals surface area contributed by atoms with Crippen molar-refractivity contribution in [1.29, 1.82) is 0 Å².